The van der Waals surface area contributed by atoms with E-state index in [0.29, 0.717) is 25.9 Å². The Kier molecular flexibility index (Phi) is 2.78. The number of alkyl halides is 1. The maximum atomic E-state index is 13.8. The van der Waals surface area contributed by atoms with Gasteiger partial charge in [-0.1, -0.05) is 0 Å². The third-order valence-electron chi connectivity index (χ3n) is 5.45. The summed E-state index contributed by atoms with van der Waals surface area (Å²) in [4.78, 5) is 13.7. The van der Waals surface area contributed by atoms with E-state index in [2.05, 4.69) is 4.72 Å². The van der Waals surface area contributed by atoms with Crippen molar-refractivity contribution < 1.29 is 17.6 Å². The monoisotopic (exact) mass is 316 g/mol. The van der Waals surface area contributed by atoms with Gasteiger partial charge in [0.2, 0.25) is 10.0 Å². The van der Waals surface area contributed by atoms with Gasteiger partial charge in [0.1, 0.15) is 0 Å². The molecular formula is C14H21FN2O3S. The van der Waals surface area contributed by atoms with Gasteiger partial charge in [0, 0.05) is 19.1 Å². The van der Waals surface area contributed by atoms with Crippen molar-refractivity contribution >= 4 is 15.9 Å². The zero-order chi connectivity index (χ0) is 14.9. The fourth-order valence-corrected chi connectivity index (χ4v) is 5.40. The van der Waals surface area contributed by atoms with Crippen molar-refractivity contribution in [1.82, 2.24) is 9.62 Å². The molecule has 3 saturated carbocycles. The Hall–Kier alpha value is -0.690. The Morgan fingerprint density at radius 1 is 1.19 bits per heavy atom. The number of hydrogen-bond donors (Lipinski definition) is 1. The molecule has 0 radical (unpaired) electrons. The normalized spacial score (nSPS) is 37.6. The fourth-order valence-electron chi connectivity index (χ4n) is 3.82. The highest BCUT2D eigenvalue weighted by Gasteiger charge is 2.57. The van der Waals surface area contributed by atoms with E-state index in [4.69, 9.17) is 0 Å². The molecule has 21 heavy (non-hydrogen) atoms. The van der Waals surface area contributed by atoms with Gasteiger partial charge >= 0.3 is 0 Å². The molecule has 0 unspecified atom stereocenters. The van der Waals surface area contributed by atoms with Crippen molar-refractivity contribution in [3.8, 4) is 0 Å². The van der Waals surface area contributed by atoms with E-state index < -0.39 is 15.7 Å². The number of nitrogens with one attached hydrogen (secondary N) is 1. The van der Waals surface area contributed by atoms with Crippen LogP contribution < -0.4 is 4.72 Å². The number of hydrogen-bond acceptors (Lipinski definition) is 3. The summed E-state index contributed by atoms with van der Waals surface area (Å²) in [6.07, 6.45) is 4.70. The Morgan fingerprint density at radius 3 is 2.43 bits per heavy atom. The van der Waals surface area contributed by atoms with Gasteiger partial charge in [-0.3, -0.25) is 4.79 Å². The van der Waals surface area contributed by atoms with E-state index in [1.807, 2.05) is 0 Å². The molecule has 0 atom stereocenters. The number of nitrogens with zero attached hydrogens (tertiary/aromatic N) is 1. The highest BCUT2D eigenvalue weighted by atomic mass is 32.2. The smallest absolute Gasteiger partial charge is 0.260 e. The number of carbonyl (C=O) groups is 1. The molecule has 4 fully saturated rings. The number of amides is 1. The van der Waals surface area contributed by atoms with Crippen LogP contribution in [0.25, 0.3) is 0 Å². The van der Waals surface area contributed by atoms with E-state index in [0.717, 1.165) is 32.1 Å². The van der Waals surface area contributed by atoms with Gasteiger partial charge in [-0.15, -0.1) is 0 Å². The lowest BCUT2D eigenvalue weighted by Crippen LogP contribution is -2.53. The molecule has 1 heterocycles. The van der Waals surface area contributed by atoms with Gasteiger partial charge in [-0.05, 0) is 50.4 Å². The minimum absolute atomic E-state index is 0.00548. The molecule has 0 aromatic rings. The lowest BCUT2D eigenvalue weighted by molar-refractivity contribution is -0.137. The van der Waals surface area contributed by atoms with Crippen LogP contribution in [0.2, 0.25) is 0 Å². The van der Waals surface area contributed by atoms with Crippen LogP contribution >= 0.6 is 0 Å². The second-order valence-electron chi connectivity index (χ2n) is 7.41. The van der Waals surface area contributed by atoms with Gasteiger partial charge in [-0.2, -0.15) is 0 Å². The summed E-state index contributed by atoms with van der Waals surface area (Å²) in [5.41, 5.74) is -1.56. The first-order valence-corrected chi connectivity index (χ1v) is 9.36. The Balaban J connectivity index is 1.32. The molecule has 0 bridgehead atoms. The molecular weight excluding hydrogens is 295 g/mol. The van der Waals surface area contributed by atoms with E-state index in [-0.39, 0.29) is 22.6 Å². The van der Waals surface area contributed by atoms with E-state index >= 15 is 0 Å². The summed E-state index contributed by atoms with van der Waals surface area (Å²) < 4.78 is 40.4. The SMILES string of the molecule is O=C(N1CCC2(CC(NS(=O)(=O)C3CC3)C2)C1)C1(F)CC1. The van der Waals surface area contributed by atoms with Crippen molar-refractivity contribution in [2.24, 2.45) is 5.41 Å². The number of likely N-dealkylation sites (tertiary alicyclic amines) is 1. The van der Waals surface area contributed by atoms with Crippen molar-refractivity contribution in [2.45, 2.75) is 61.9 Å². The molecule has 1 amide bonds. The number of carbonyl (C=O) groups excluding carboxylic acids is 1. The number of sulfonamides is 1. The fraction of sp³-hybridized carbons (Fsp3) is 0.929. The highest BCUT2D eigenvalue weighted by molar-refractivity contribution is 7.90. The minimum atomic E-state index is -3.13. The minimum Gasteiger partial charge on any atom is -0.339 e. The Bertz CT molecular complexity index is 577. The molecule has 4 rings (SSSR count). The molecule has 1 saturated heterocycles. The lowest BCUT2D eigenvalue weighted by atomic mass is 9.65. The molecule has 1 aliphatic heterocycles. The summed E-state index contributed by atoms with van der Waals surface area (Å²) in [5, 5.41) is -0.183. The van der Waals surface area contributed by atoms with Crippen molar-refractivity contribution in [3.05, 3.63) is 0 Å². The van der Waals surface area contributed by atoms with Crippen LogP contribution in [0.4, 0.5) is 4.39 Å². The van der Waals surface area contributed by atoms with E-state index in [9.17, 15) is 17.6 Å². The summed E-state index contributed by atoms with van der Waals surface area (Å²) in [6.45, 7) is 1.21. The molecule has 0 aromatic carbocycles. The number of halogens is 1. The van der Waals surface area contributed by atoms with Crippen LogP contribution in [-0.2, 0) is 14.8 Å². The Morgan fingerprint density at radius 2 is 1.86 bits per heavy atom. The second-order valence-corrected chi connectivity index (χ2v) is 9.40. The molecule has 7 heteroatoms. The zero-order valence-corrected chi connectivity index (χ0v) is 12.8. The predicted molar refractivity (Wildman–Crippen MR) is 74.8 cm³/mol. The molecule has 118 valence electrons. The largest absolute Gasteiger partial charge is 0.339 e. The Labute approximate surface area is 124 Å². The lowest BCUT2D eigenvalue weighted by Gasteiger charge is -2.45. The maximum absolute atomic E-state index is 13.8. The molecule has 4 aliphatic rings. The molecule has 1 N–H and O–H groups in total. The quantitative estimate of drug-likeness (QED) is 0.840. The summed E-state index contributed by atoms with van der Waals surface area (Å²) >= 11 is 0. The van der Waals surface area contributed by atoms with Gasteiger partial charge in [0.15, 0.2) is 5.67 Å². The molecule has 5 nitrogen and oxygen atoms in total. The van der Waals surface area contributed by atoms with E-state index in [1.165, 1.54) is 0 Å². The van der Waals surface area contributed by atoms with Gasteiger partial charge in [-0.25, -0.2) is 17.5 Å². The van der Waals surface area contributed by atoms with Crippen LogP contribution in [0, 0.1) is 5.41 Å². The van der Waals surface area contributed by atoms with Crippen molar-refractivity contribution in [2.75, 3.05) is 13.1 Å². The molecule has 3 aliphatic carbocycles. The second kappa shape index (κ2) is 4.19. The maximum Gasteiger partial charge on any atom is 0.260 e. The summed E-state index contributed by atoms with van der Waals surface area (Å²) in [6, 6.07) is 0.00548. The van der Waals surface area contributed by atoms with Crippen LogP contribution in [0.5, 0.6) is 0 Å². The molecule has 0 aromatic heterocycles. The topological polar surface area (TPSA) is 66.5 Å². The standard InChI is InChI=1S/C14H21FN2O3S/c15-14(3-4-14)12(18)17-6-5-13(9-17)7-10(8-13)16-21(19,20)11-1-2-11/h10-11,16H,1-9H2. The summed E-state index contributed by atoms with van der Waals surface area (Å²) in [5.74, 6) is -0.346. The molecule has 1 spiro atoms. The average Bonchev–Trinajstić information content (AvgIpc) is 3.28. The zero-order valence-electron chi connectivity index (χ0n) is 12.0. The average molecular weight is 316 g/mol. The third-order valence-corrected chi connectivity index (χ3v) is 7.46. The first-order valence-electron chi connectivity index (χ1n) is 7.82. The van der Waals surface area contributed by atoms with Crippen LogP contribution in [0.1, 0.15) is 44.9 Å². The summed E-state index contributed by atoms with van der Waals surface area (Å²) in [7, 11) is -3.13. The van der Waals surface area contributed by atoms with Crippen LogP contribution in [0.15, 0.2) is 0 Å². The van der Waals surface area contributed by atoms with Gasteiger partial charge in [0.25, 0.3) is 5.91 Å². The van der Waals surface area contributed by atoms with Crippen LogP contribution in [-0.4, -0.2) is 49.3 Å². The van der Waals surface area contributed by atoms with Crippen molar-refractivity contribution in [1.29, 1.82) is 0 Å². The third kappa shape index (κ3) is 2.38. The predicted octanol–water partition coefficient (Wildman–Crippen LogP) is 0.951. The van der Waals surface area contributed by atoms with Crippen LogP contribution in [0.3, 0.4) is 0 Å². The highest BCUT2D eigenvalue weighted by Crippen LogP contribution is 2.51. The first-order chi connectivity index (χ1) is 9.82. The van der Waals surface area contributed by atoms with Gasteiger partial charge in [0.05, 0.1) is 5.25 Å². The number of rotatable bonds is 4. The first kappa shape index (κ1) is 13.9. The van der Waals surface area contributed by atoms with E-state index in [1.54, 1.807) is 4.90 Å². The van der Waals surface area contributed by atoms with Crippen molar-refractivity contribution in [3.63, 3.8) is 0 Å². The van der Waals surface area contributed by atoms with Gasteiger partial charge < -0.3 is 4.90 Å².